The van der Waals surface area contributed by atoms with Crippen LogP contribution in [0.5, 0.6) is 0 Å². The van der Waals surface area contributed by atoms with Crippen molar-refractivity contribution in [3.05, 3.63) is 46.5 Å². The number of nitrogens with zero attached hydrogens (tertiary/aromatic N) is 2. The van der Waals surface area contributed by atoms with Gasteiger partial charge in [-0.3, -0.25) is 4.79 Å². The lowest BCUT2D eigenvalue weighted by atomic mass is 9.84. The van der Waals surface area contributed by atoms with Gasteiger partial charge < -0.3 is 10.1 Å². The van der Waals surface area contributed by atoms with E-state index in [1.165, 1.54) is 54.6 Å². The Hall–Kier alpha value is -2.41. The molecule has 4 rings (SSSR count). The van der Waals surface area contributed by atoms with Gasteiger partial charge >= 0.3 is 5.97 Å². The van der Waals surface area contributed by atoms with Crippen molar-refractivity contribution in [2.45, 2.75) is 45.6 Å². The van der Waals surface area contributed by atoms with Crippen LogP contribution in [0.1, 0.15) is 48.7 Å². The molecule has 1 heterocycles. The second kappa shape index (κ2) is 8.38. The predicted molar refractivity (Wildman–Crippen MR) is 110 cm³/mol. The molecule has 0 aliphatic heterocycles. The summed E-state index contributed by atoms with van der Waals surface area (Å²) in [7, 11) is 0. The topological polar surface area (TPSA) is 73.2 Å². The first-order chi connectivity index (χ1) is 14.3. The zero-order chi connectivity index (χ0) is 21.4. The van der Waals surface area contributed by atoms with Gasteiger partial charge in [-0.15, -0.1) is 0 Å². The molecule has 4 atom stereocenters. The van der Waals surface area contributed by atoms with E-state index in [2.05, 4.69) is 10.4 Å². The molecule has 8 heteroatoms. The van der Waals surface area contributed by atoms with Crippen LogP contribution in [0.3, 0.4) is 0 Å². The summed E-state index contributed by atoms with van der Waals surface area (Å²) in [5.41, 5.74) is 0.973. The summed E-state index contributed by atoms with van der Waals surface area (Å²) in [4.78, 5) is 24.8. The number of esters is 1. The Morgan fingerprint density at radius 2 is 2.03 bits per heavy atom. The van der Waals surface area contributed by atoms with Gasteiger partial charge in [0.05, 0.1) is 11.4 Å². The second-order valence-corrected chi connectivity index (χ2v) is 8.77. The molecule has 30 heavy (non-hydrogen) atoms. The molecule has 4 unspecified atom stereocenters. The highest BCUT2D eigenvalue weighted by molar-refractivity contribution is 6.33. The Labute approximate surface area is 179 Å². The monoisotopic (exact) mass is 433 g/mol. The minimum atomic E-state index is -0.714. The van der Waals surface area contributed by atoms with Crippen molar-refractivity contribution in [1.29, 1.82) is 0 Å². The second-order valence-electron chi connectivity index (χ2n) is 8.41. The average molecular weight is 434 g/mol. The molecule has 2 bridgehead atoms. The zero-order valence-corrected chi connectivity index (χ0v) is 17.8. The van der Waals surface area contributed by atoms with E-state index in [0.29, 0.717) is 23.2 Å². The van der Waals surface area contributed by atoms with Crippen LogP contribution in [0.2, 0.25) is 5.15 Å². The molecular formula is C22H25ClFN3O3. The summed E-state index contributed by atoms with van der Waals surface area (Å²) in [6.07, 6.45) is 5.00. The highest BCUT2D eigenvalue weighted by atomic mass is 35.5. The number of hydrogen-bond acceptors (Lipinski definition) is 4. The fourth-order valence-corrected chi connectivity index (χ4v) is 5.35. The Balaban J connectivity index is 1.36. The van der Waals surface area contributed by atoms with Gasteiger partial charge in [-0.2, -0.15) is 5.10 Å². The number of ether oxygens (including phenoxy) is 1. The fourth-order valence-electron chi connectivity index (χ4n) is 5.00. The van der Waals surface area contributed by atoms with Crippen molar-refractivity contribution in [1.82, 2.24) is 15.1 Å². The summed E-state index contributed by atoms with van der Waals surface area (Å²) in [6, 6.07) is 5.64. The van der Waals surface area contributed by atoms with Gasteiger partial charge in [-0.25, -0.2) is 13.9 Å². The molecule has 1 aromatic heterocycles. The Bertz CT molecular complexity index is 959. The average Bonchev–Trinajstić information content (AvgIpc) is 3.41. The van der Waals surface area contributed by atoms with Crippen molar-refractivity contribution in [3.8, 4) is 5.69 Å². The van der Waals surface area contributed by atoms with Crippen LogP contribution in [0.15, 0.2) is 24.3 Å². The van der Waals surface area contributed by atoms with Gasteiger partial charge in [-0.05, 0) is 75.1 Å². The Morgan fingerprint density at radius 1 is 1.30 bits per heavy atom. The highest BCUT2D eigenvalue weighted by Crippen LogP contribution is 2.49. The number of carbonyl (C=O) groups excluding carboxylic acids is 2. The lowest BCUT2D eigenvalue weighted by Crippen LogP contribution is -2.42. The summed E-state index contributed by atoms with van der Waals surface area (Å²) in [6.45, 7) is 3.28. The van der Waals surface area contributed by atoms with Crippen LogP contribution in [0.4, 0.5) is 4.39 Å². The number of rotatable bonds is 6. The lowest BCUT2D eigenvalue weighted by molar-refractivity contribution is -0.125. The van der Waals surface area contributed by atoms with E-state index in [1.807, 2.05) is 6.92 Å². The number of aromatic nitrogens is 2. The van der Waals surface area contributed by atoms with E-state index < -0.39 is 5.97 Å². The molecule has 0 radical (unpaired) electrons. The largest absolute Gasteiger partial charge is 0.452 e. The van der Waals surface area contributed by atoms with Gasteiger partial charge in [0.25, 0.3) is 5.91 Å². The van der Waals surface area contributed by atoms with Gasteiger partial charge in [0.15, 0.2) is 6.61 Å². The zero-order valence-electron chi connectivity index (χ0n) is 17.0. The van der Waals surface area contributed by atoms with E-state index in [-0.39, 0.29) is 35.1 Å². The standard InChI is InChI=1S/C22H25ClFN3O3/c1-12(18-10-14-3-4-15(18)9-14)25-19(28)11-30-22(29)20-13(2)26-27(21(20)23)17-7-5-16(24)6-8-17/h5-8,12,14-15,18H,3-4,9-11H2,1-2H3,(H,25,28). The third-order valence-electron chi connectivity index (χ3n) is 6.44. The molecule has 2 aliphatic carbocycles. The third kappa shape index (κ3) is 4.08. The van der Waals surface area contributed by atoms with Crippen molar-refractivity contribution in [2.24, 2.45) is 17.8 Å². The first-order valence-electron chi connectivity index (χ1n) is 10.3. The van der Waals surface area contributed by atoms with Crippen LogP contribution < -0.4 is 5.32 Å². The van der Waals surface area contributed by atoms with E-state index in [1.54, 1.807) is 6.92 Å². The molecular weight excluding hydrogens is 409 g/mol. The summed E-state index contributed by atoms with van der Waals surface area (Å²) < 4.78 is 19.7. The SMILES string of the molecule is Cc1nn(-c2ccc(F)cc2)c(Cl)c1C(=O)OCC(=O)NC(C)C1CC2CCC1C2. The van der Waals surface area contributed by atoms with Crippen molar-refractivity contribution in [3.63, 3.8) is 0 Å². The molecule has 2 aliphatic rings. The van der Waals surface area contributed by atoms with Gasteiger partial charge in [0.2, 0.25) is 0 Å². The van der Waals surface area contributed by atoms with E-state index >= 15 is 0 Å². The van der Waals surface area contributed by atoms with Gasteiger partial charge in [0, 0.05) is 6.04 Å². The summed E-state index contributed by atoms with van der Waals surface area (Å²) in [5.74, 6) is 0.594. The number of fused-ring (bicyclic) bond motifs is 2. The first kappa shape index (κ1) is 20.8. The molecule has 6 nitrogen and oxygen atoms in total. The molecule has 0 spiro atoms. The number of carbonyl (C=O) groups is 2. The maximum Gasteiger partial charge on any atom is 0.343 e. The number of aryl methyl sites for hydroxylation is 1. The van der Waals surface area contributed by atoms with Crippen molar-refractivity contribution in [2.75, 3.05) is 6.61 Å². The number of hydrogen-bond donors (Lipinski definition) is 1. The summed E-state index contributed by atoms with van der Waals surface area (Å²) in [5, 5.41) is 7.27. The minimum Gasteiger partial charge on any atom is -0.452 e. The quantitative estimate of drug-likeness (QED) is 0.697. The number of halogens is 2. The number of benzene rings is 1. The molecule has 160 valence electrons. The van der Waals surface area contributed by atoms with Crippen LogP contribution in [-0.4, -0.2) is 34.3 Å². The smallest absolute Gasteiger partial charge is 0.343 e. The Kier molecular flexibility index (Phi) is 5.82. The predicted octanol–water partition coefficient (Wildman–Crippen LogP) is 4.07. The first-order valence-corrected chi connectivity index (χ1v) is 10.7. The molecule has 2 aromatic rings. The minimum absolute atomic E-state index is 0.0554. The molecule has 0 saturated heterocycles. The third-order valence-corrected chi connectivity index (χ3v) is 6.79. The number of amides is 1. The summed E-state index contributed by atoms with van der Waals surface area (Å²) >= 11 is 6.33. The lowest BCUT2D eigenvalue weighted by Gasteiger charge is -2.28. The van der Waals surface area contributed by atoms with Crippen molar-refractivity contribution >= 4 is 23.5 Å². The number of nitrogens with one attached hydrogen (secondary N) is 1. The molecule has 1 aromatic carbocycles. The fraction of sp³-hybridized carbons (Fsp3) is 0.500. The van der Waals surface area contributed by atoms with Crippen LogP contribution in [0, 0.1) is 30.5 Å². The highest BCUT2D eigenvalue weighted by Gasteiger charge is 2.42. The van der Waals surface area contributed by atoms with Gasteiger partial charge in [-0.1, -0.05) is 18.0 Å². The maximum absolute atomic E-state index is 13.1. The Morgan fingerprint density at radius 3 is 2.67 bits per heavy atom. The van der Waals surface area contributed by atoms with Crippen LogP contribution in [0.25, 0.3) is 5.69 Å². The normalized spacial score (nSPS) is 23.4. The van der Waals surface area contributed by atoms with Gasteiger partial charge in [0.1, 0.15) is 16.5 Å². The van der Waals surface area contributed by atoms with E-state index in [0.717, 1.165) is 5.92 Å². The van der Waals surface area contributed by atoms with E-state index in [9.17, 15) is 14.0 Å². The molecule has 2 fully saturated rings. The molecule has 2 saturated carbocycles. The maximum atomic E-state index is 13.1. The van der Waals surface area contributed by atoms with Crippen LogP contribution >= 0.6 is 11.6 Å². The molecule has 1 amide bonds. The van der Waals surface area contributed by atoms with Crippen molar-refractivity contribution < 1.29 is 18.7 Å². The molecule has 1 N–H and O–H groups in total. The van der Waals surface area contributed by atoms with E-state index in [4.69, 9.17) is 16.3 Å². The van der Waals surface area contributed by atoms with Crippen LogP contribution in [-0.2, 0) is 9.53 Å².